The lowest BCUT2D eigenvalue weighted by molar-refractivity contribution is -0.140. The van der Waals surface area contributed by atoms with E-state index in [9.17, 15) is 13.2 Å². The maximum Gasteiger partial charge on any atom is 0.434 e. The molecule has 0 saturated carbocycles. The molecule has 0 fully saturated rings. The lowest BCUT2D eigenvalue weighted by atomic mass is 10.4. The first-order valence-electron chi connectivity index (χ1n) is 5.01. The molecule has 1 aromatic rings. The summed E-state index contributed by atoms with van der Waals surface area (Å²) >= 11 is 0.984. The highest BCUT2D eigenvalue weighted by Gasteiger charge is 2.33. The molecule has 1 aliphatic heterocycles. The summed E-state index contributed by atoms with van der Waals surface area (Å²) in [5.74, 6) is 0.612. The average Bonchev–Trinajstić information content (AvgIpc) is 2.82. The molecule has 2 heterocycles. The van der Waals surface area contributed by atoms with Crippen LogP contribution in [0.4, 0.5) is 13.2 Å². The van der Waals surface area contributed by atoms with Gasteiger partial charge in [0.05, 0.1) is 13.1 Å². The Morgan fingerprint density at radius 1 is 1.56 bits per heavy atom. The van der Waals surface area contributed by atoms with E-state index in [2.05, 4.69) is 20.6 Å². The molecular weight excluding hydrogens is 380 g/mol. The molecule has 0 saturated heterocycles. The standard InChI is InChI=1S/C9H11F3N4S.HI/c1-5-2-13-8(15-5)14-3-7-16-6(4-17-7)9(10,11)12;/h4-5H,2-3H2,1H3,(H2,13,14,15);1H. The fraction of sp³-hybridized carbons (Fsp3) is 0.556. The van der Waals surface area contributed by atoms with Gasteiger partial charge in [-0.1, -0.05) is 0 Å². The molecule has 1 atom stereocenters. The number of aliphatic imine (C=N–C) groups is 1. The van der Waals surface area contributed by atoms with Crippen molar-refractivity contribution in [2.45, 2.75) is 25.7 Å². The number of guanidine groups is 1. The summed E-state index contributed by atoms with van der Waals surface area (Å²) in [5.41, 5.74) is -0.839. The Bertz CT molecular complexity index is 432. The molecule has 2 rings (SSSR count). The van der Waals surface area contributed by atoms with Crippen LogP contribution < -0.4 is 10.6 Å². The molecule has 4 nitrogen and oxygen atoms in total. The molecule has 2 N–H and O–H groups in total. The second-order valence-electron chi connectivity index (χ2n) is 3.71. The number of nitrogens with zero attached hydrogens (tertiary/aromatic N) is 2. The topological polar surface area (TPSA) is 49.3 Å². The van der Waals surface area contributed by atoms with Crippen molar-refractivity contribution in [3.8, 4) is 0 Å². The molecule has 0 aliphatic carbocycles. The lowest BCUT2D eigenvalue weighted by Gasteiger charge is -2.06. The van der Waals surface area contributed by atoms with Gasteiger partial charge >= 0.3 is 6.18 Å². The molecule has 1 unspecified atom stereocenters. The molecule has 0 spiro atoms. The van der Waals surface area contributed by atoms with E-state index in [4.69, 9.17) is 0 Å². The van der Waals surface area contributed by atoms with Gasteiger partial charge in [-0.2, -0.15) is 13.2 Å². The Morgan fingerprint density at radius 2 is 2.28 bits per heavy atom. The van der Waals surface area contributed by atoms with E-state index in [0.29, 0.717) is 17.5 Å². The predicted octanol–water partition coefficient (Wildman–Crippen LogP) is 2.22. The van der Waals surface area contributed by atoms with Gasteiger partial charge in [-0.15, -0.1) is 35.3 Å². The Kier molecular flexibility index (Phi) is 5.20. The van der Waals surface area contributed by atoms with Gasteiger partial charge < -0.3 is 10.6 Å². The van der Waals surface area contributed by atoms with Crippen LogP contribution in [0.2, 0.25) is 0 Å². The molecule has 0 aromatic carbocycles. The van der Waals surface area contributed by atoms with Crippen LogP contribution in [-0.2, 0) is 12.7 Å². The third-order valence-corrected chi connectivity index (χ3v) is 3.00. The van der Waals surface area contributed by atoms with Crippen LogP contribution >= 0.6 is 35.3 Å². The predicted molar refractivity (Wildman–Crippen MR) is 74.3 cm³/mol. The summed E-state index contributed by atoms with van der Waals surface area (Å²) in [4.78, 5) is 7.65. The van der Waals surface area contributed by atoms with Crippen LogP contribution in [0.15, 0.2) is 10.4 Å². The summed E-state index contributed by atoms with van der Waals surface area (Å²) < 4.78 is 36.8. The van der Waals surface area contributed by atoms with Crippen LogP contribution in [0.5, 0.6) is 0 Å². The minimum Gasteiger partial charge on any atom is -0.352 e. The van der Waals surface area contributed by atoms with Gasteiger partial charge in [-0.25, -0.2) is 4.98 Å². The van der Waals surface area contributed by atoms with Crippen molar-refractivity contribution in [1.82, 2.24) is 15.6 Å². The zero-order chi connectivity index (χ0) is 12.5. The zero-order valence-corrected chi connectivity index (χ0v) is 12.6. The van der Waals surface area contributed by atoms with Crippen molar-refractivity contribution in [1.29, 1.82) is 0 Å². The van der Waals surface area contributed by atoms with E-state index in [-0.39, 0.29) is 36.6 Å². The molecular formula is C9H12F3IN4S. The van der Waals surface area contributed by atoms with Gasteiger partial charge in [-0.3, -0.25) is 4.99 Å². The summed E-state index contributed by atoms with van der Waals surface area (Å²) in [5, 5.41) is 7.37. The summed E-state index contributed by atoms with van der Waals surface area (Å²) in [7, 11) is 0. The van der Waals surface area contributed by atoms with Crippen molar-refractivity contribution in [3.63, 3.8) is 0 Å². The fourth-order valence-corrected chi connectivity index (χ4v) is 2.08. The van der Waals surface area contributed by atoms with Gasteiger partial charge in [0, 0.05) is 11.4 Å². The van der Waals surface area contributed by atoms with Crippen LogP contribution in [0.3, 0.4) is 0 Å². The maximum atomic E-state index is 12.3. The number of aromatic nitrogens is 1. The van der Waals surface area contributed by atoms with Crippen molar-refractivity contribution in [2.75, 3.05) is 6.54 Å². The van der Waals surface area contributed by atoms with Gasteiger partial charge in [0.25, 0.3) is 0 Å². The van der Waals surface area contributed by atoms with Crippen LogP contribution in [-0.4, -0.2) is 23.5 Å². The molecule has 0 radical (unpaired) electrons. The van der Waals surface area contributed by atoms with Crippen molar-refractivity contribution < 1.29 is 13.2 Å². The number of nitrogens with one attached hydrogen (secondary N) is 2. The Balaban J connectivity index is 0.00000162. The monoisotopic (exact) mass is 392 g/mol. The van der Waals surface area contributed by atoms with Crippen molar-refractivity contribution >= 4 is 41.3 Å². The molecule has 0 bridgehead atoms. The Hall–Kier alpha value is -0.580. The van der Waals surface area contributed by atoms with Crippen molar-refractivity contribution in [3.05, 3.63) is 16.1 Å². The second-order valence-corrected chi connectivity index (χ2v) is 4.66. The van der Waals surface area contributed by atoms with Crippen LogP contribution in [0.1, 0.15) is 17.6 Å². The van der Waals surface area contributed by atoms with E-state index < -0.39 is 11.9 Å². The van der Waals surface area contributed by atoms with Gasteiger partial charge in [0.15, 0.2) is 11.7 Å². The van der Waals surface area contributed by atoms with E-state index in [1.807, 2.05) is 6.92 Å². The van der Waals surface area contributed by atoms with Crippen molar-refractivity contribution in [2.24, 2.45) is 4.99 Å². The second kappa shape index (κ2) is 6.04. The fourth-order valence-electron chi connectivity index (χ4n) is 1.34. The molecule has 1 aliphatic rings. The van der Waals surface area contributed by atoms with Gasteiger partial charge in [-0.05, 0) is 6.92 Å². The summed E-state index contributed by atoms with van der Waals surface area (Å²) in [6, 6.07) is 0.263. The van der Waals surface area contributed by atoms with E-state index in [0.717, 1.165) is 16.7 Å². The van der Waals surface area contributed by atoms with E-state index in [1.54, 1.807) is 0 Å². The normalized spacial score (nSPS) is 18.9. The highest BCUT2D eigenvalue weighted by Crippen LogP contribution is 2.29. The summed E-state index contributed by atoms with van der Waals surface area (Å²) in [6.45, 7) is 2.90. The molecule has 0 amide bonds. The maximum absolute atomic E-state index is 12.3. The largest absolute Gasteiger partial charge is 0.434 e. The number of halogens is 4. The minimum absolute atomic E-state index is 0. The number of hydrogen-bond donors (Lipinski definition) is 2. The first-order chi connectivity index (χ1) is 7.95. The van der Waals surface area contributed by atoms with E-state index in [1.165, 1.54) is 0 Å². The zero-order valence-electron chi connectivity index (χ0n) is 9.41. The quantitative estimate of drug-likeness (QED) is 0.760. The number of alkyl halides is 3. The first-order valence-corrected chi connectivity index (χ1v) is 5.89. The number of rotatable bonds is 2. The third-order valence-electron chi connectivity index (χ3n) is 2.16. The van der Waals surface area contributed by atoms with Crippen LogP contribution in [0.25, 0.3) is 0 Å². The highest BCUT2D eigenvalue weighted by molar-refractivity contribution is 14.0. The highest BCUT2D eigenvalue weighted by atomic mass is 127. The summed E-state index contributed by atoms with van der Waals surface area (Å²) in [6.07, 6.45) is -4.37. The van der Waals surface area contributed by atoms with E-state index >= 15 is 0 Å². The SMILES string of the molecule is CC1CN=C(NCc2nc(C(F)(F)F)cs2)N1.I. The lowest BCUT2D eigenvalue weighted by Crippen LogP contribution is -2.37. The molecule has 18 heavy (non-hydrogen) atoms. The number of hydrogen-bond acceptors (Lipinski definition) is 5. The molecule has 1 aromatic heterocycles. The van der Waals surface area contributed by atoms with Gasteiger partial charge in [0.1, 0.15) is 5.01 Å². The number of thiazole rings is 1. The Morgan fingerprint density at radius 3 is 2.78 bits per heavy atom. The molecule has 102 valence electrons. The first kappa shape index (κ1) is 15.5. The Labute approximate surface area is 123 Å². The van der Waals surface area contributed by atoms with Crippen LogP contribution in [0, 0.1) is 0 Å². The minimum atomic E-state index is -4.37. The smallest absolute Gasteiger partial charge is 0.352 e. The average molecular weight is 392 g/mol. The van der Waals surface area contributed by atoms with Gasteiger partial charge in [0.2, 0.25) is 0 Å². The third kappa shape index (κ3) is 3.97. The molecule has 9 heteroatoms.